The van der Waals surface area contributed by atoms with E-state index in [4.69, 9.17) is 0 Å². The molecule has 252 valence electrons. The molecule has 6 aromatic carbocycles. The Morgan fingerprint density at radius 2 is 1.14 bits per heavy atom. The normalized spacial score (nSPS) is 13.0. The Kier molecular flexibility index (Phi) is 9.23. The summed E-state index contributed by atoms with van der Waals surface area (Å²) in [6.07, 6.45) is 8.83. The Morgan fingerprint density at radius 1 is 0.510 bits per heavy atom. The third-order valence-electron chi connectivity index (χ3n) is 10.5. The van der Waals surface area contributed by atoms with Gasteiger partial charge in [-0.2, -0.15) is 0 Å². The van der Waals surface area contributed by atoms with Gasteiger partial charge in [-0.05, 0) is 127 Å². The van der Waals surface area contributed by atoms with E-state index in [2.05, 4.69) is 193 Å². The summed E-state index contributed by atoms with van der Waals surface area (Å²) in [5.41, 5.74) is 19.3. The minimum atomic E-state index is -0.0504. The summed E-state index contributed by atoms with van der Waals surface area (Å²) in [7, 11) is 0. The first-order valence-electron chi connectivity index (χ1n) is 18.1. The quantitative estimate of drug-likeness (QED) is 0.173. The van der Waals surface area contributed by atoms with Crippen molar-refractivity contribution in [3.63, 3.8) is 0 Å². The number of aromatic nitrogens is 1. The Morgan fingerprint density at radius 3 is 1.84 bits per heavy atom. The van der Waals surface area contributed by atoms with E-state index in [1.54, 1.807) is 0 Å². The van der Waals surface area contributed by atoms with E-state index in [1.807, 2.05) is 18.2 Å². The van der Waals surface area contributed by atoms with E-state index in [-0.39, 0.29) is 5.41 Å². The van der Waals surface area contributed by atoms with E-state index in [0.717, 1.165) is 0 Å². The maximum absolute atomic E-state index is 2.45. The number of aryl methyl sites for hydroxylation is 3. The molecule has 0 aliphatic heterocycles. The lowest BCUT2D eigenvalue weighted by Crippen LogP contribution is -2.15. The topological polar surface area (TPSA) is 4.93 Å². The molecule has 0 radical (unpaired) electrons. The first kappa shape index (κ1) is 33.8. The molecule has 51 heavy (non-hydrogen) atoms. The number of benzene rings is 6. The molecule has 0 spiro atoms. The van der Waals surface area contributed by atoms with Gasteiger partial charge < -0.3 is 4.57 Å². The van der Waals surface area contributed by atoms with E-state index < -0.39 is 0 Å². The van der Waals surface area contributed by atoms with Crippen molar-refractivity contribution >= 4 is 23.1 Å². The van der Waals surface area contributed by atoms with Gasteiger partial charge in [0.05, 0.1) is 11.2 Å². The van der Waals surface area contributed by atoms with Gasteiger partial charge in [0.15, 0.2) is 0 Å². The summed E-state index contributed by atoms with van der Waals surface area (Å²) in [6.45, 7) is 15.4. The number of hydrogen-bond acceptors (Lipinski definition) is 0. The van der Waals surface area contributed by atoms with Gasteiger partial charge in [0.25, 0.3) is 0 Å². The average Bonchev–Trinajstić information content (AvgIpc) is 3.56. The lowest BCUT2D eigenvalue weighted by Gasteiger charge is -2.22. The highest BCUT2D eigenvalue weighted by molar-refractivity contribution is 5.98. The third kappa shape index (κ3) is 6.19. The fourth-order valence-corrected chi connectivity index (χ4v) is 7.79. The van der Waals surface area contributed by atoms with Gasteiger partial charge in [0, 0.05) is 22.1 Å². The van der Waals surface area contributed by atoms with E-state index in [1.165, 1.54) is 89.0 Å². The second kappa shape index (κ2) is 13.9. The van der Waals surface area contributed by atoms with Crippen LogP contribution in [0, 0.1) is 20.8 Å². The minimum absolute atomic E-state index is 0.0504. The Balaban J connectivity index is 0.000000520. The molecule has 0 N–H and O–H groups in total. The van der Waals surface area contributed by atoms with Gasteiger partial charge in [-0.3, -0.25) is 0 Å². The highest BCUT2D eigenvalue weighted by Gasteiger charge is 2.35. The molecule has 0 fully saturated rings. The molecular weight excluding hydrogens is 615 g/mol. The molecule has 1 aliphatic rings. The molecule has 1 heterocycles. The van der Waals surface area contributed by atoms with Gasteiger partial charge in [0.1, 0.15) is 0 Å². The van der Waals surface area contributed by atoms with Gasteiger partial charge >= 0.3 is 0 Å². The molecule has 1 aromatic heterocycles. The molecule has 1 aliphatic carbocycles. The highest BCUT2D eigenvalue weighted by atomic mass is 15.0. The summed E-state index contributed by atoms with van der Waals surface area (Å²) in [4.78, 5) is 0. The SMILES string of the molecule is C/C=C\c1c(/C=C/C)c2cc(-c3ccc(C)c(-c4ccccc4C)c3)ccc2n1-c1ccc2c(c1)C(C)(C)c1ccccc1-2.Cc1ccccc1. The predicted octanol–water partition coefficient (Wildman–Crippen LogP) is 13.9. The summed E-state index contributed by atoms with van der Waals surface area (Å²) in [6, 6.07) is 48.7. The maximum atomic E-state index is 2.45. The second-order valence-electron chi connectivity index (χ2n) is 14.3. The van der Waals surface area contributed by atoms with Crippen LogP contribution in [0.3, 0.4) is 0 Å². The summed E-state index contributed by atoms with van der Waals surface area (Å²) in [5, 5.41) is 1.26. The minimum Gasteiger partial charge on any atom is -0.309 e. The predicted molar refractivity (Wildman–Crippen MR) is 222 cm³/mol. The molecule has 0 amide bonds. The first-order chi connectivity index (χ1) is 24.7. The first-order valence-corrected chi connectivity index (χ1v) is 18.1. The smallest absolute Gasteiger partial charge is 0.0541 e. The van der Waals surface area contributed by atoms with Crippen LogP contribution in [0.5, 0.6) is 0 Å². The van der Waals surface area contributed by atoms with Crippen molar-refractivity contribution in [1.29, 1.82) is 0 Å². The van der Waals surface area contributed by atoms with Crippen LogP contribution >= 0.6 is 0 Å². The number of fused-ring (bicyclic) bond motifs is 4. The van der Waals surface area contributed by atoms with Crippen molar-refractivity contribution in [2.45, 2.75) is 53.9 Å². The maximum Gasteiger partial charge on any atom is 0.0541 e. The van der Waals surface area contributed by atoms with Crippen molar-refractivity contribution in [2.75, 3.05) is 0 Å². The van der Waals surface area contributed by atoms with Gasteiger partial charge in [0.2, 0.25) is 0 Å². The average molecular weight is 662 g/mol. The molecule has 0 bridgehead atoms. The van der Waals surface area contributed by atoms with E-state index >= 15 is 0 Å². The van der Waals surface area contributed by atoms with Crippen molar-refractivity contribution in [2.24, 2.45) is 0 Å². The molecule has 0 unspecified atom stereocenters. The van der Waals surface area contributed by atoms with Crippen LogP contribution in [0.25, 0.3) is 62.1 Å². The van der Waals surface area contributed by atoms with Crippen LogP contribution in [0.4, 0.5) is 0 Å². The Hall–Kier alpha value is -5.66. The lowest BCUT2D eigenvalue weighted by atomic mass is 9.82. The zero-order valence-electron chi connectivity index (χ0n) is 31.0. The number of allylic oxidation sites excluding steroid dienone is 2. The van der Waals surface area contributed by atoms with Gasteiger partial charge in [-0.15, -0.1) is 0 Å². The molecule has 0 atom stereocenters. The van der Waals surface area contributed by atoms with E-state index in [0.29, 0.717) is 0 Å². The number of hydrogen-bond donors (Lipinski definition) is 0. The molecule has 0 saturated heterocycles. The van der Waals surface area contributed by atoms with Crippen molar-refractivity contribution in [3.05, 3.63) is 185 Å². The molecule has 7 aromatic rings. The molecule has 0 saturated carbocycles. The van der Waals surface area contributed by atoms with Gasteiger partial charge in [-0.1, -0.05) is 141 Å². The van der Waals surface area contributed by atoms with Crippen LogP contribution in [-0.2, 0) is 5.41 Å². The number of rotatable bonds is 5. The third-order valence-corrected chi connectivity index (χ3v) is 10.5. The zero-order valence-corrected chi connectivity index (χ0v) is 31.0. The fraction of sp³-hybridized carbons (Fsp3) is 0.160. The second-order valence-corrected chi connectivity index (χ2v) is 14.3. The lowest BCUT2D eigenvalue weighted by molar-refractivity contribution is 0.660. The van der Waals surface area contributed by atoms with E-state index in [9.17, 15) is 0 Å². The Bertz CT molecular complexity index is 2430. The van der Waals surface area contributed by atoms with Crippen LogP contribution in [0.2, 0.25) is 0 Å². The molecule has 1 nitrogen and oxygen atoms in total. The highest BCUT2D eigenvalue weighted by Crippen LogP contribution is 2.49. The van der Waals surface area contributed by atoms with Crippen LogP contribution < -0.4 is 0 Å². The Labute approximate surface area is 304 Å². The fourth-order valence-electron chi connectivity index (χ4n) is 7.79. The van der Waals surface area contributed by atoms with Crippen LogP contribution in [0.1, 0.15) is 66.8 Å². The van der Waals surface area contributed by atoms with Crippen molar-refractivity contribution in [1.82, 2.24) is 4.57 Å². The van der Waals surface area contributed by atoms with Gasteiger partial charge in [-0.25, -0.2) is 0 Å². The standard InChI is InChI=1S/C43H39N.C7H8/c1-7-13-36-38-26-31(30-20-19-29(4)37(25-30)33-16-10-9-15-28(33)3)21-24-42(38)44(41(36)14-8-2)32-22-23-35-34-17-11-12-18-39(34)43(5,6)40(35)27-32;1-7-5-3-2-4-6-7/h7-27H,1-6H3;2-6H,1H3/b13-7+,14-8-;. The van der Waals surface area contributed by atoms with Crippen molar-refractivity contribution in [3.8, 4) is 39.1 Å². The molecule has 8 rings (SSSR count). The summed E-state index contributed by atoms with van der Waals surface area (Å²) in [5.74, 6) is 0. The summed E-state index contributed by atoms with van der Waals surface area (Å²) >= 11 is 0. The van der Waals surface area contributed by atoms with Crippen LogP contribution in [0.15, 0.2) is 146 Å². The monoisotopic (exact) mass is 661 g/mol. The largest absolute Gasteiger partial charge is 0.309 e. The summed E-state index contributed by atoms with van der Waals surface area (Å²) < 4.78 is 2.45. The molecular formula is C50H47N. The number of nitrogens with zero attached hydrogens (tertiary/aromatic N) is 1. The van der Waals surface area contributed by atoms with Crippen LogP contribution in [-0.4, -0.2) is 4.57 Å². The zero-order chi connectivity index (χ0) is 35.7. The molecule has 1 heteroatoms. The van der Waals surface area contributed by atoms with Crippen molar-refractivity contribution < 1.29 is 0 Å².